The van der Waals surface area contributed by atoms with Crippen LogP contribution in [-0.2, 0) is 0 Å². The van der Waals surface area contributed by atoms with Gasteiger partial charge in [0, 0.05) is 28.8 Å². The van der Waals surface area contributed by atoms with Crippen LogP contribution in [0.1, 0.15) is 29.9 Å². The maximum absolute atomic E-state index is 5.63. The lowest BCUT2D eigenvalue weighted by atomic mass is 10.1. The van der Waals surface area contributed by atoms with Gasteiger partial charge in [-0.2, -0.15) is 5.10 Å². The number of thioether (sulfide) groups is 1. The van der Waals surface area contributed by atoms with Gasteiger partial charge in [-0.05, 0) is 51.3 Å². The zero-order valence-corrected chi connectivity index (χ0v) is 16.8. The SMILES string of the molecule is Cc1cc(-c2cnnc(N3CCC(Sc4ccccc4C)CC3)n2)c(C)o1. The maximum atomic E-state index is 5.63. The molecular formula is C21H24N4OS. The van der Waals surface area contributed by atoms with Crippen molar-refractivity contribution in [3.05, 3.63) is 53.6 Å². The van der Waals surface area contributed by atoms with E-state index in [2.05, 4.69) is 46.3 Å². The molecule has 0 amide bonds. The van der Waals surface area contributed by atoms with Crippen LogP contribution in [0.5, 0.6) is 0 Å². The molecule has 0 bridgehead atoms. The number of nitrogens with zero attached hydrogens (tertiary/aromatic N) is 4. The van der Waals surface area contributed by atoms with E-state index in [0.717, 1.165) is 48.7 Å². The zero-order chi connectivity index (χ0) is 18.8. The highest BCUT2D eigenvalue weighted by Crippen LogP contribution is 2.33. The predicted molar refractivity (Wildman–Crippen MR) is 109 cm³/mol. The van der Waals surface area contributed by atoms with Gasteiger partial charge >= 0.3 is 0 Å². The molecule has 0 radical (unpaired) electrons. The Bertz CT molecular complexity index is 931. The van der Waals surface area contributed by atoms with Gasteiger partial charge in [0.05, 0.1) is 11.9 Å². The minimum absolute atomic E-state index is 0.636. The summed E-state index contributed by atoms with van der Waals surface area (Å²) in [5, 5.41) is 9.10. The Morgan fingerprint density at radius 3 is 2.59 bits per heavy atom. The van der Waals surface area contributed by atoms with Gasteiger partial charge in [0.15, 0.2) is 0 Å². The summed E-state index contributed by atoms with van der Waals surface area (Å²) in [6.45, 7) is 8.00. The normalized spacial score (nSPS) is 15.3. The minimum Gasteiger partial charge on any atom is -0.466 e. The molecule has 1 fully saturated rings. The predicted octanol–water partition coefficient (Wildman–Crippen LogP) is 4.82. The van der Waals surface area contributed by atoms with E-state index in [1.165, 1.54) is 10.5 Å². The van der Waals surface area contributed by atoms with Crippen molar-refractivity contribution in [2.75, 3.05) is 18.0 Å². The third kappa shape index (κ3) is 4.00. The second-order valence-electron chi connectivity index (χ2n) is 7.04. The van der Waals surface area contributed by atoms with Crippen molar-refractivity contribution in [1.29, 1.82) is 0 Å². The van der Waals surface area contributed by atoms with E-state index in [-0.39, 0.29) is 0 Å². The fourth-order valence-corrected chi connectivity index (χ4v) is 4.70. The first-order chi connectivity index (χ1) is 13.1. The molecule has 3 heterocycles. The fraction of sp³-hybridized carbons (Fsp3) is 0.381. The molecule has 6 heteroatoms. The van der Waals surface area contributed by atoms with E-state index >= 15 is 0 Å². The second-order valence-corrected chi connectivity index (χ2v) is 8.38. The largest absolute Gasteiger partial charge is 0.466 e. The molecule has 1 aromatic carbocycles. The van der Waals surface area contributed by atoms with Gasteiger partial charge in [0.25, 0.3) is 0 Å². The third-order valence-electron chi connectivity index (χ3n) is 4.98. The summed E-state index contributed by atoms with van der Waals surface area (Å²) in [7, 11) is 0. The summed E-state index contributed by atoms with van der Waals surface area (Å²) >= 11 is 2.00. The molecule has 2 aromatic heterocycles. The van der Waals surface area contributed by atoms with E-state index in [4.69, 9.17) is 9.40 Å². The van der Waals surface area contributed by atoms with E-state index in [1.807, 2.05) is 31.7 Å². The molecule has 140 valence electrons. The van der Waals surface area contributed by atoms with Crippen molar-refractivity contribution < 1.29 is 4.42 Å². The quantitative estimate of drug-likeness (QED) is 0.647. The van der Waals surface area contributed by atoms with Crippen LogP contribution < -0.4 is 4.90 Å². The number of hydrogen-bond acceptors (Lipinski definition) is 6. The first kappa shape index (κ1) is 18.0. The summed E-state index contributed by atoms with van der Waals surface area (Å²) in [6.07, 6.45) is 3.95. The first-order valence-electron chi connectivity index (χ1n) is 9.34. The topological polar surface area (TPSA) is 55.1 Å². The Hall–Kier alpha value is -2.34. The Labute approximate surface area is 164 Å². The smallest absolute Gasteiger partial charge is 0.245 e. The zero-order valence-electron chi connectivity index (χ0n) is 16.0. The molecule has 1 aliphatic rings. The molecule has 27 heavy (non-hydrogen) atoms. The monoisotopic (exact) mass is 380 g/mol. The average molecular weight is 381 g/mol. The molecule has 1 aliphatic heterocycles. The van der Waals surface area contributed by atoms with Crippen LogP contribution in [0.2, 0.25) is 0 Å². The van der Waals surface area contributed by atoms with Gasteiger partial charge < -0.3 is 9.32 Å². The standard InChI is InChI=1S/C21H24N4OS/c1-14-6-4-5-7-20(14)27-17-8-10-25(11-9-17)21-23-19(13-22-24-21)18-12-15(2)26-16(18)3/h4-7,12-13,17H,8-11H2,1-3H3. The number of piperidine rings is 1. The summed E-state index contributed by atoms with van der Waals surface area (Å²) in [6, 6.07) is 10.6. The molecule has 0 saturated carbocycles. The van der Waals surface area contributed by atoms with Crippen LogP contribution >= 0.6 is 11.8 Å². The molecule has 5 nitrogen and oxygen atoms in total. The van der Waals surface area contributed by atoms with E-state index in [9.17, 15) is 0 Å². The third-order valence-corrected chi connectivity index (χ3v) is 6.49. The Morgan fingerprint density at radius 2 is 1.89 bits per heavy atom. The van der Waals surface area contributed by atoms with E-state index in [0.29, 0.717) is 11.2 Å². The molecule has 4 rings (SSSR count). The van der Waals surface area contributed by atoms with Crippen LogP contribution in [0.3, 0.4) is 0 Å². The van der Waals surface area contributed by atoms with Gasteiger partial charge in [-0.1, -0.05) is 18.2 Å². The van der Waals surface area contributed by atoms with Gasteiger partial charge in [-0.15, -0.1) is 16.9 Å². The molecular weight excluding hydrogens is 356 g/mol. The Kier molecular flexibility index (Phi) is 5.16. The number of aromatic nitrogens is 3. The van der Waals surface area contributed by atoms with Crippen molar-refractivity contribution in [2.45, 2.75) is 43.8 Å². The van der Waals surface area contributed by atoms with Crippen molar-refractivity contribution in [3.63, 3.8) is 0 Å². The average Bonchev–Trinajstić information content (AvgIpc) is 3.02. The molecule has 3 aromatic rings. The van der Waals surface area contributed by atoms with Gasteiger partial charge in [0.2, 0.25) is 5.95 Å². The van der Waals surface area contributed by atoms with Gasteiger partial charge in [-0.3, -0.25) is 0 Å². The van der Waals surface area contributed by atoms with Crippen molar-refractivity contribution in [2.24, 2.45) is 0 Å². The maximum Gasteiger partial charge on any atom is 0.245 e. The van der Waals surface area contributed by atoms with Crippen molar-refractivity contribution in [1.82, 2.24) is 15.2 Å². The first-order valence-corrected chi connectivity index (χ1v) is 10.2. The van der Waals surface area contributed by atoms with Gasteiger partial charge in [0.1, 0.15) is 11.5 Å². The Morgan fingerprint density at radius 1 is 1.11 bits per heavy atom. The molecule has 0 aliphatic carbocycles. The van der Waals surface area contributed by atoms with Crippen molar-refractivity contribution >= 4 is 17.7 Å². The van der Waals surface area contributed by atoms with Crippen LogP contribution in [0.4, 0.5) is 5.95 Å². The number of furan rings is 1. The summed E-state index contributed by atoms with van der Waals surface area (Å²) in [5.41, 5.74) is 3.18. The second kappa shape index (κ2) is 7.72. The Balaban J connectivity index is 1.43. The van der Waals surface area contributed by atoms with Crippen LogP contribution in [0.25, 0.3) is 11.3 Å². The molecule has 1 saturated heterocycles. The molecule has 0 N–H and O–H groups in total. The lowest BCUT2D eigenvalue weighted by Gasteiger charge is -2.31. The fourth-order valence-electron chi connectivity index (χ4n) is 3.48. The molecule has 0 spiro atoms. The number of aryl methyl sites for hydroxylation is 3. The number of anilines is 1. The van der Waals surface area contributed by atoms with E-state index < -0.39 is 0 Å². The molecule has 0 atom stereocenters. The minimum atomic E-state index is 0.636. The summed E-state index contributed by atoms with van der Waals surface area (Å²) in [4.78, 5) is 8.38. The lowest BCUT2D eigenvalue weighted by Crippen LogP contribution is -2.36. The highest BCUT2D eigenvalue weighted by atomic mass is 32.2. The highest BCUT2D eigenvalue weighted by molar-refractivity contribution is 8.00. The molecule has 0 unspecified atom stereocenters. The van der Waals surface area contributed by atoms with Crippen LogP contribution in [0.15, 0.2) is 45.8 Å². The van der Waals surface area contributed by atoms with Crippen LogP contribution in [-0.4, -0.2) is 33.5 Å². The number of benzene rings is 1. The van der Waals surface area contributed by atoms with Crippen molar-refractivity contribution in [3.8, 4) is 11.3 Å². The number of hydrogen-bond donors (Lipinski definition) is 0. The van der Waals surface area contributed by atoms with Crippen LogP contribution in [0, 0.1) is 20.8 Å². The summed E-state index contributed by atoms with van der Waals surface area (Å²) in [5.74, 6) is 2.47. The lowest BCUT2D eigenvalue weighted by molar-refractivity contribution is 0.505. The summed E-state index contributed by atoms with van der Waals surface area (Å²) < 4.78 is 5.63. The number of rotatable bonds is 4. The van der Waals surface area contributed by atoms with E-state index in [1.54, 1.807) is 6.20 Å². The highest BCUT2D eigenvalue weighted by Gasteiger charge is 2.23. The van der Waals surface area contributed by atoms with Gasteiger partial charge in [-0.25, -0.2) is 4.98 Å².